The minimum absolute atomic E-state index is 0.108. The second kappa shape index (κ2) is 7.01. The van der Waals surface area contributed by atoms with Gasteiger partial charge in [-0.25, -0.2) is 4.79 Å². The first kappa shape index (κ1) is 14.5. The molecule has 0 saturated heterocycles. The van der Waals surface area contributed by atoms with E-state index in [1.54, 1.807) is 24.3 Å². The molecule has 0 fully saturated rings. The first-order valence-electron chi connectivity index (χ1n) is 6.09. The highest BCUT2D eigenvalue weighted by Gasteiger charge is 2.09. The van der Waals surface area contributed by atoms with E-state index in [2.05, 4.69) is 4.89 Å². The summed E-state index contributed by atoms with van der Waals surface area (Å²) < 4.78 is 5.48. The average molecular weight is 252 g/mol. The van der Waals surface area contributed by atoms with Crippen molar-refractivity contribution in [1.82, 2.24) is 0 Å². The molecule has 0 radical (unpaired) electrons. The van der Waals surface area contributed by atoms with Crippen LogP contribution in [0.2, 0.25) is 0 Å². The Labute approximate surface area is 108 Å². The van der Waals surface area contributed by atoms with Crippen molar-refractivity contribution in [1.29, 1.82) is 0 Å². The fourth-order valence-electron chi connectivity index (χ4n) is 1.21. The van der Waals surface area contributed by atoms with Crippen molar-refractivity contribution in [3.63, 3.8) is 0 Å². The Hall–Kier alpha value is -1.55. The number of carbonyl (C=O) groups excluding carboxylic acids is 1. The third-order valence-electron chi connectivity index (χ3n) is 2.00. The van der Waals surface area contributed by atoms with Crippen LogP contribution in [0.25, 0.3) is 0 Å². The summed E-state index contributed by atoms with van der Waals surface area (Å²) in [5.41, 5.74) is 0.440. The molecule has 100 valence electrons. The topological polar surface area (TPSA) is 44.8 Å². The van der Waals surface area contributed by atoms with Crippen LogP contribution in [0.4, 0.5) is 0 Å². The van der Waals surface area contributed by atoms with Crippen molar-refractivity contribution in [2.45, 2.75) is 33.8 Å². The lowest BCUT2D eigenvalue weighted by atomic mass is 10.2. The van der Waals surface area contributed by atoms with E-state index < -0.39 is 5.97 Å². The monoisotopic (exact) mass is 252 g/mol. The van der Waals surface area contributed by atoms with E-state index in [0.29, 0.717) is 18.1 Å². The van der Waals surface area contributed by atoms with Gasteiger partial charge in [0.1, 0.15) is 5.75 Å². The maximum atomic E-state index is 11.6. The number of hydrogen-bond acceptors (Lipinski definition) is 4. The normalized spacial score (nSPS) is 10.8. The van der Waals surface area contributed by atoms with Gasteiger partial charge in [0.25, 0.3) is 0 Å². The minimum atomic E-state index is -0.494. The molecule has 0 spiro atoms. The Kier molecular flexibility index (Phi) is 5.65. The average Bonchev–Trinajstić information content (AvgIpc) is 2.28. The summed E-state index contributed by atoms with van der Waals surface area (Å²) in [6.07, 6.45) is 0.108. The summed E-state index contributed by atoms with van der Waals surface area (Å²) in [5, 5.41) is 0. The molecule has 4 heteroatoms. The van der Waals surface area contributed by atoms with Gasteiger partial charge in [0.2, 0.25) is 0 Å². The Bertz CT molecular complexity index is 368. The van der Waals surface area contributed by atoms with Crippen LogP contribution in [0.1, 0.15) is 38.1 Å². The van der Waals surface area contributed by atoms with Crippen molar-refractivity contribution in [2.75, 3.05) is 6.61 Å². The molecule has 0 atom stereocenters. The summed E-state index contributed by atoms with van der Waals surface area (Å²) in [6.45, 7) is 8.24. The van der Waals surface area contributed by atoms with Gasteiger partial charge in [-0.1, -0.05) is 13.8 Å². The Morgan fingerprint density at radius 2 is 1.72 bits per heavy atom. The summed E-state index contributed by atoms with van der Waals surface area (Å²) in [5.74, 6) is 0.552. The first-order valence-corrected chi connectivity index (χ1v) is 6.09. The Morgan fingerprint density at radius 1 is 1.11 bits per heavy atom. The van der Waals surface area contributed by atoms with E-state index in [4.69, 9.17) is 9.62 Å². The summed E-state index contributed by atoms with van der Waals surface area (Å²) in [4.78, 5) is 21.1. The van der Waals surface area contributed by atoms with Gasteiger partial charge >= 0.3 is 5.97 Å². The van der Waals surface area contributed by atoms with Crippen LogP contribution in [-0.2, 0) is 9.78 Å². The van der Waals surface area contributed by atoms with Crippen LogP contribution in [0, 0.1) is 5.92 Å². The zero-order valence-electron chi connectivity index (χ0n) is 11.3. The molecule has 0 N–H and O–H groups in total. The van der Waals surface area contributed by atoms with Gasteiger partial charge in [-0.05, 0) is 44.0 Å². The predicted molar refractivity (Wildman–Crippen MR) is 68.4 cm³/mol. The molecule has 0 amide bonds. The molecule has 1 aromatic carbocycles. The molecule has 0 aliphatic carbocycles. The molecular weight excluding hydrogens is 232 g/mol. The molecule has 18 heavy (non-hydrogen) atoms. The molecule has 1 rings (SSSR count). The van der Waals surface area contributed by atoms with Crippen molar-refractivity contribution >= 4 is 5.97 Å². The van der Waals surface area contributed by atoms with Gasteiger partial charge in [-0.15, -0.1) is 0 Å². The zero-order chi connectivity index (χ0) is 13.5. The molecule has 0 aliphatic rings. The largest absolute Gasteiger partial charge is 0.491 e. The molecular formula is C14H20O4. The van der Waals surface area contributed by atoms with Crippen molar-refractivity contribution < 1.29 is 19.3 Å². The smallest absolute Gasteiger partial charge is 0.373 e. The lowest BCUT2D eigenvalue weighted by Gasteiger charge is -2.10. The maximum absolute atomic E-state index is 11.6. The van der Waals surface area contributed by atoms with Crippen LogP contribution >= 0.6 is 0 Å². The van der Waals surface area contributed by atoms with E-state index >= 15 is 0 Å². The third kappa shape index (κ3) is 5.19. The van der Waals surface area contributed by atoms with E-state index in [1.807, 2.05) is 27.7 Å². The molecule has 0 bridgehead atoms. The number of hydrogen-bond donors (Lipinski definition) is 0. The SMILES string of the molecule is CC(C)COOC(=O)c1ccc(OC(C)C)cc1. The molecule has 1 aromatic rings. The second-order valence-corrected chi connectivity index (χ2v) is 4.74. The molecule has 0 saturated carbocycles. The fourth-order valence-corrected chi connectivity index (χ4v) is 1.21. The van der Waals surface area contributed by atoms with Crippen molar-refractivity contribution in [3.05, 3.63) is 29.8 Å². The number of benzene rings is 1. The zero-order valence-corrected chi connectivity index (χ0v) is 11.3. The lowest BCUT2D eigenvalue weighted by molar-refractivity contribution is -0.246. The van der Waals surface area contributed by atoms with E-state index in [-0.39, 0.29) is 6.10 Å². The fraction of sp³-hybridized carbons (Fsp3) is 0.500. The molecule has 4 nitrogen and oxygen atoms in total. The maximum Gasteiger partial charge on any atom is 0.373 e. The van der Waals surface area contributed by atoms with Gasteiger partial charge in [-0.3, -0.25) is 4.89 Å². The highest BCUT2D eigenvalue weighted by Crippen LogP contribution is 2.14. The highest BCUT2D eigenvalue weighted by molar-refractivity contribution is 5.89. The summed E-state index contributed by atoms with van der Waals surface area (Å²) >= 11 is 0. The Balaban J connectivity index is 2.48. The van der Waals surface area contributed by atoms with Gasteiger partial charge in [0.05, 0.1) is 18.3 Å². The van der Waals surface area contributed by atoms with Gasteiger partial charge in [0, 0.05) is 0 Å². The van der Waals surface area contributed by atoms with Crippen LogP contribution in [0.3, 0.4) is 0 Å². The van der Waals surface area contributed by atoms with E-state index in [1.165, 1.54) is 0 Å². The van der Waals surface area contributed by atoms with Crippen molar-refractivity contribution in [3.8, 4) is 5.75 Å². The van der Waals surface area contributed by atoms with Crippen LogP contribution in [0.5, 0.6) is 5.75 Å². The van der Waals surface area contributed by atoms with Gasteiger partial charge in [-0.2, -0.15) is 4.89 Å². The number of ether oxygens (including phenoxy) is 1. The molecule has 0 aromatic heterocycles. The van der Waals surface area contributed by atoms with Crippen LogP contribution in [0.15, 0.2) is 24.3 Å². The second-order valence-electron chi connectivity index (χ2n) is 4.74. The van der Waals surface area contributed by atoms with Crippen molar-refractivity contribution in [2.24, 2.45) is 5.92 Å². The van der Waals surface area contributed by atoms with E-state index in [9.17, 15) is 4.79 Å². The predicted octanol–water partition coefficient (Wildman–Crippen LogP) is 3.22. The minimum Gasteiger partial charge on any atom is -0.491 e. The standard InChI is InChI=1S/C14H20O4/c1-10(2)9-16-18-14(15)12-5-7-13(8-6-12)17-11(3)4/h5-8,10-11H,9H2,1-4H3. The van der Waals surface area contributed by atoms with Gasteiger partial charge < -0.3 is 4.74 Å². The number of carbonyl (C=O) groups is 1. The molecule has 0 heterocycles. The molecule has 0 unspecified atom stereocenters. The summed E-state index contributed by atoms with van der Waals surface area (Å²) in [7, 11) is 0. The Morgan fingerprint density at radius 3 is 2.22 bits per heavy atom. The molecule has 0 aliphatic heterocycles. The quantitative estimate of drug-likeness (QED) is 0.576. The highest BCUT2D eigenvalue weighted by atomic mass is 17.2. The van der Waals surface area contributed by atoms with E-state index in [0.717, 1.165) is 5.75 Å². The first-order chi connectivity index (χ1) is 8.49. The number of rotatable bonds is 6. The van der Waals surface area contributed by atoms with Crippen LogP contribution < -0.4 is 4.74 Å². The third-order valence-corrected chi connectivity index (χ3v) is 2.00. The van der Waals surface area contributed by atoms with Crippen LogP contribution in [-0.4, -0.2) is 18.7 Å². The van der Waals surface area contributed by atoms with Gasteiger partial charge in [0.15, 0.2) is 0 Å². The summed E-state index contributed by atoms with van der Waals surface area (Å²) in [6, 6.07) is 6.77. The lowest BCUT2D eigenvalue weighted by Crippen LogP contribution is -2.10.